The van der Waals surface area contributed by atoms with E-state index in [1.54, 1.807) is 18.3 Å². The van der Waals surface area contributed by atoms with Gasteiger partial charge in [0.25, 0.3) is 5.69 Å². The van der Waals surface area contributed by atoms with Gasteiger partial charge in [0.05, 0.1) is 23.5 Å². The van der Waals surface area contributed by atoms with E-state index >= 15 is 0 Å². The predicted molar refractivity (Wildman–Crippen MR) is 62.3 cm³/mol. The molecule has 0 saturated heterocycles. The molecule has 86 valence electrons. The number of aliphatic imine (C=N–C) groups is 1. The van der Waals surface area contributed by atoms with Crippen LogP contribution < -0.4 is 0 Å². The van der Waals surface area contributed by atoms with Crippen molar-refractivity contribution in [2.45, 2.75) is 6.10 Å². The van der Waals surface area contributed by atoms with Gasteiger partial charge in [0.1, 0.15) is 0 Å². The van der Waals surface area contributed by atoms with Crippen LogP contribution in [0.5, 0.6) is 0 Å². The molecule has 16 heavy (non-hydrogen) atoms. The lowest BCUT2D eigenvalue weighted by Gasteiger charge is -2.00. The number of aliphatic hydroxyl groups excluding tert-OH is 1. The third-order valence-electron chi connectivity index (χ3n) is 1.84. The van der Waals surface area contributed by atoms with Gasteiger partial charge in [-0.15, -0.1) is 11.6 Å². The van der Waals surface area contributed by atoms with E-state index in [0.29, 0.717) is 0 Å². The number of nitro groups is 1. The SMILES string of the molecule is O=[N+]([O-])c1ccc(C=NC[C@H](O)CCl)cc1. The summed E-state index contributed by atoms with van der Waals surface area (Å²) in [5.74, 6) is 0.137. The van der Waals surface area contributed by atoms with Crippen LogP contribution in [0.3, 0.4) is 0 Å². The molecule has 0 aliphatic carbocycles. The molecule has 5 nitrogen and oxygen atoms in total. The summed E-state index contributed by atoms with van der Waals surface area (Å²) in [7, 11) is 0. The molecule has 1 N–H and O–H groups in total. The number of non-ortho nitro benzene ring substituents is 1. The first-order valence-corrected chi connectivity index (χ1v) is 5.15. The van der Waals surface area contributed by atoms with E-state index in [1.807, 2.05) is 0 Å². The maximum Gasteiger partial charge on any atom is 0.269 e. The Bertz CT molecular complexity index is 378. The molecule has 0 unspecified atom stereocenters. The van der Waals surface area contributed by atoms with Crippen molar-refractivity contribution in [3.05, 3.63) is 39.9 Å². The van der Waals surface area contributed by atoms with Gasteiger partial charge in [0.15, 0.2) is 0 Å². The molecule has 0 spiro atoms. The van der Waals surface area contributed by atoms with Gasteiger partial charge in [-0.3, -0.25) is 15.1 Å². The van der Waals surface area contributed by atoms with Crippen molar-refractivity contribution in [2.75, 3.05) is 12.4 Å². The smallest absolute Gasteiger partial charge is 0.269 e. The molecule has 0 bridgehead atoms. The Morgan fingerprint density at radius 2 is 2.12 bits per heavy atom. The second-order valence-electron chi connectivity index (χ2n) is 3.15. The zero-order valence-corrected chi connectivity index (χ0v) is 9.17. The van der Waals surface area contributed by atoms with Gasteiger partial charge in [0.2, 0.25) is 0 Å². The number of halogens is 1. The van der Waals surface area contributed by atoms with E-state index in [-0.39, 0.29) is 18.1 Å². The molecule has 0 fully saturated rings. The Morgan fingerprint density at radius 1 is 1.50 bits per heavy atom. The number of hydrogen-bond donors (Lipinski definition) is 1. The number of rotatable bonds is 5. The highest BCUT2D eigenvalue weighted by atomic mass is 35.5. The molecule has 1 aromatic carbocycles. The lowest BCUT2D eigenvalue weighted by Crippen LogP contribution is -2.12. The van der Waals surface area contributed by atoms with E-state index < -0.39 is 11.0 Å². The summed E-state index contributed by atoms with van der Waals surface area (Å²) in [4.78, 5) is 13.9. The maximum absolute atomic E-state index is 10.4. The summed E-state index contributed by atoms with van der Waals surface area (Å²) in [6.45, 7) is 0.223. The predicted octanol–water partition coefficient (Wildman–Crippen LogP) is 1.61. The Kier molecular flexibility index (Phi) is 4.88. The molecule has 0 amide bonds. The Morgan fingerprint density at radius 3 is 2.62 bits per heavy atom. The Labute approximate surface area is 97.5 Å². The normalized spacial score (nSPS) is 12.9. The number of nitrogens with zero attached hydrogens (tertiary/aromatic N) is 2. The largest absolute Gasteiger partial charge is 0.390 e. The molecular formula is C10H11ClN2O3. The van der Waals surface area contributed by atoms with Gasteiger partial charge >= 0.3 is 0 Å². The molecule has 0 saturated carbocycles. The van der Waals surface area contributed by atoms with Crippen molar-refractivity contribution >= 4 is 23.5 Å². The van der Waals surface area contributed by atoms with Gasteiger partial charge in [0, 0.05) is 18.3 Å². The number of alkyl halides is 1. The first-order chi connectivity index (χ1) is 7.63. The van der Waals surface area contributed by atoms with Crippen molar-refractivity contribution in [3.8, 4) is 0 Å². The molecule has 0 heterocycles. The minimum atomic E-state index is -0.657. The summed E-state index contributed by atoms with van der Waals surface area (Å²) in [5, 5.41) is 19.5. The first-order valence-electron chi connectivity index (χ1n) is 4.62. The Balaban J connectivity index is 2.58. The standard InChI is InChI=1S/C10H11ClN2O3/c11-5-10(14)7-12-6-8-1-3-9(4-2-8)13(15)16/h1-4,6,10,14H,5,7H2/t10-/m1/s1. The second-order valence-corrected chi connectivity index (χ2v) is 3.46. The monoisotopic (exact) mass is 242 g/mol. The average Bonchev–Trinajstić information content (AvgIpc) is 2.29. The summed E-state index contributed by atoms with van der Waals surface area (Å²) in [6.07, 6.45) is 0.885. The molecular weight excluding hydrogens is 232 g/mol. The highest BCUT2D eigenvalue weighted by Crippen LogP contribution is 2.10. The van der Waals surface area contributed by atoms with Crippen molar-refractivity contribution in [2.24, 2.45) is 4.99 Å². The molecule has 0 aliphatic heterocycles. The summed E-state index contributed by atoms with van der Waals surface area (Å²) < 4.78 is 0. The topological polar surface area (TPSA) is 75.7 Å². The summed E-state index contributed by atoms with van der Waals surface area (Å²) >= 11 is 5.39. The van der Waals surface area contributed by atoms with Crippen LogP contribution in [0, 0.1) is 10.1 Å². The fraction of sp³-hybridized carbons (Fsp3) is 0.300. The molecule has 6 heteroatoms. The van der Waals surface area contributed by atoms with Crippen LogP contribution in [0.4, 0.5) is 5.69 Å². The van der Waals surface area contributed by atoms with E-state index in [0.717, 1.165) is 5.56 Å². The van der Waals surface area contributed by atoms with Crippen molar-refractivity contribution in [1.82, 2.24) is 0 Å². The van der Waals surface area contributed by atoms with E-state index in [4.69, 9.17) is 16.7 Å². The van der Waals surface area contributed by atoms with Crippen LogP contribution >= 0.6 is 11.6 Å². The minimum absolute atomic E-state index is 0.0398. The quantitative estimate of drug-likeness (QED) is 0.369. The molecule has 0 aliphatic rings. The average molecular weight is 243 g/mol. The van der Waals surface area contributed by atoms with E-state index in [2.05, 4.69) is 4.99 Å². The summed E-state index contributed by atoms with van der Waals surface area (Å²) in [5.41, 5.74) is 0.783. The maximum atomic E-state index is 10.4. The lowest BCUT2D eigenvalue weighted by atomic mass is 10.2. The van der Waals surface area contributed by atoms with Gasteiger partial charge in [-0.05, 0) is 17.7 Å². The highest BCUT2D eigenvalue weighted by molar-refractivity contribution is 6.18. The van der Waals surface area contributed by atoms with Crippen LogP contribution in [-0.4, -0.2) is 34.8 Å². The Hall–Kier alpha value is -1.46. The van der Waals surface area contributed by atoms with Crippen LogP contribution in [0.25, 0.3) is 0 Å². The number of aliphatic hydroxyl groups is 1. The fourth-order valence-corrected chi connectivity index (χ4v) is 1.11. The number of hydrogen-bond acceptors (Lipinski definition) is 4. The third kappa shape index (κ3) is 3.96. The minimum Gasteiger partial charge on any atom is -0.390 e. The molecule has 0 radical (unpaired) electrons. The van der Waals surface area contributed by atoms with Crippen molar-refractivity contribution in [3.63, 3.8) is 0 Å². The van der Waals surface area contributed by atoms with Crippen molar-refractivity contribution < 1.29 is 10.0 Å². The summed E-state index contributed by atoms with van der Waals surface area (Å²) in [6, 6.07) is 5.99. The van der Waals surface area contributed by atoms with Gasteiger partial charge < -0.3 is 5.11 Å². The molecule has 0 aromatic heterocycles. The highest BCUT2D eigenvalue weighted by Gasteiger charge is 2.02. The van der Waals surface area contributed by atoms with Crippen LogP contribution in [0.15, 0.2) is 29.3 Å². The zero-order valence-electron chi connectivity index (χ0n) is 8.41. The van der Waals surface area contributed by atoms with E-state index in [1.165, 1.54) is 12.1 Å². The van der Waals surface area contributed by atoms with Gasteiger partial charge in [-0.25, -0.2) is 0 Å². The molecule has 1 aromatic rings. The fourth-order valence-electron chi connectivity index (χ4n) is 1.01. The first kappa shape index (κ1) is 12.6. The van der Waals surface area contributed by atoms with Gasteiger partial charge in [-0.1, -0.05) is 0 Å². The van der Waals surface area contributed by atoms with Crippen LogP contribution in [0.2, 0.25) is 0 Å². The number of benzene rings is 1. The molecule has 1 rings (SSSR count). The third-order valence-corrected chi connectivity index (χ3v) is 2.19. The van der Waals surface area contributed by atoms with Crippen LogP contribution in [0.1, 0.15) is 5.56 Å². The molecule has 1 atom stereocenters. The van der Waals surface area contributed by atoms with Crippen molar-refractivity contribution in [1.29, 1.82) is 0 Å². The zero-order chi connectivity index (χ0) is 12.0. The second kappa shape index (κ2) is 6.19. The lowest BCUT2D eigenvalue weighted by molar-refractivity contribution is -0.384. The van der Waals surface area contributed by atoms with Crippen LogP contribution in [-0.2, 0) is 0 Å². The van der Waals surface area contributed by atoms with E-state index in [9.17, 15) is 10.1 Å². The number of nitro benzene ring substituents is 1. The van der Waals surface area contributed by atoms with Gasteiger partial charge in [-0.2, -0.15) is 0 Å².